The first-order chi connectivity index (χ1) is 17.4. The van der Waals surface area contributed by atoms with Gasteiger partial charge in [0.15, 0.2) is 11.0 Å². The highest BCUT2D eigenvalue weighted by molar-refractivity contribution is 7.99. The van der Waals surface area contributed by atoms with Crippen molar-refractivity contribution in [2.24, 2.45) is 7.05 Å². The second-order valence-electron chi connectivity index (χ2n) is 9.00. The van der Waals surface area contributed by atoms with E-state index in [2.05, 4.69) is 30.7 Å². The van der Waals surface area contributed by atoms with Gasteiger partial charge in [-0.2, -0.15) is 8.42 Å². The smallest absolute Gasteiger partial charge is 0.306 e. The van der Waals surface area contributed by atoms with Crippen LogP contribution in [0.15, 0.2) is 59.9 Å². The SMILES string of the molecule is Cn1c(SCCCN2CCc3ccc(OS(C)(=O)=O)cc3CC2)nnc1-c1ccnc2ccccc12. The minimum atomic E-state index is -3.52. The number of hydrogen-bond acceptors (Lipinski definition) is 8. The Kier molecular flexibility index (Phi) is 7.27. The third kappa shape index (κ3) is 5.71. The summed E-state index contributed by atoms with van der Waals surface area (Å²) in [6.07, 6.45) is 5.77. The summed E-state index contributed by atoms with van der Waals surface area (Å²) in [6.45, 7) is 2.95. The van der Waals surface area contributed by atoms with E-state index in [1.807, 2.05) is 49.6 Å². The van der Waals surface area contributed by atoms with Crippen molar-refractivity contribution in [2.45, 2.75) is 24.4 Å². The van der Waals surface area contributed by atoms with E-state index in [9.17, 15) is 8.42 Å². The molecule has 0 spiro atoms. The molecule has 0 amide bonds. The molecule has 0 unspecified atom stereocenters. The molecule has 0 N–H and O–H groups in total. The molecule has 0 fully saturated rings. The van der Waals surface area contributed by atoms with Crippen LogP contribution in [0.25, 0.3) is 22.3 Å². The van der Waals surface area contributed by atoms with Crippen molar-refractivity contribution in [3.63, 3.8) is 0 Å². The van der Waals surface area contributed by atoms with Crippen LogP contribution >= 0.6 is 11.8 Å². The summed E-state index contributed by atoms with van der Waals surface area (Å²) in [5.74, 6) is 2.20. The number of benzene rings is 2. The molecule has 8 nitrogen and oxygen atoms in total. The van der Waals surface area contributed by atoms with E-state index in [0.717, 1.165) is 78.4 Å². The lowest BCUT2D eigenvalue weighted by Gasteiger charge is -2.19. The Morgan fingerprint density at radius 3 is 2.67 bits per heavy atom. The highest BCUT2D eigenvalue weighted by Gasteiger charge is 2.17. The van der Waals surface area contributed by atoms with Crippen molar-refractivity contribution < 1.29 is 12.6 Å². The monoisotopic (exact) mass is 523 g/mol. The summed E-state index contributed by atoms with van der Waals surface area (Å²) in [6, 6.07) is 15.7. The number of hydrogen-bond donors (Lipinski definition) is 0. The summed E-state index contributed by atoms with van der Waals surface area (Å²) in [5.41, 5.74) is 4.42. The van der Waals surface area contributed by atoms with Crippen LogP contribution in [-0.2, 0) is 30.0 Å². The van der Waals surface area contributed by atoms with Gasteiger partial charge in [0.1, 0.15) is 5.75 Å². The van der Waals surface area contributed by atoms with Crippen LogP contribution in [0.3, 0.4) is 0 Å². The molecule has 2 aromatic heterocycles. The highest BCUT2D eigenvalue weighted by Crippen LogP contribution is 2.28. The zero-order valence-electron chi connectivity index (χ0n) is 20.4. The molecule has 5 rings (SSSR count). The average molecular weight is 524 g/mol. The number of nitrogens with zero attached hydrogens (tertiary/aromatic N) is 5. The minimum Gasteiger partial charge on any atom is -0.383 e. The van der Waals surface area contributed by atoms with Crippen molar-refractivity contribution >= 4 is 32.8 Å². The maximum atomic E-state index is 11.4. The zero-order valence-corrected chi connectivity index (χ0v) is 22.1. The number of thioether (sulfide) groups is 1. The summed E-state index contributed by atoms with van der Waals surface area (Å²) < 4.78 is 30.0. The zero-order chi connectivity index (χ0) is 25.1. The molecule has 0 bridgehead atoms. The maximum Gasteiger partial charge on any atom is 0.306 e. The first-order valence-corrected chi connectivity index (χ1v) is 14.8. The summed E-state index contributed by atoms with van der Waals surface area (Å²) in [5, 5.41) is 10.9. The van der Waals surface area contributed by atoms with Gasteiger partial charge in [0.2, 0.25) is 0 Å². The fourth-order valence-corrected chi connectivity index (χ4v) is 5.90. The fourth-order valence-electron chi connectivity index (χ4n) is 4.62. The van der Waals surface area contributed by atoms with Crippen molar-refractivity contribution in [1.29, 1.82) is 0 Å². The van der Waals surface area contributed by atoms with E-state index in [4.69, 9.17) is 4.18 Å². The van der Waals surface area contributed by atoms with Crippen LogP contribution in [0.2, 0.25) is 0 Å². The van der Waals surface area contributed by atoms with E-state index < -0.39 is 10.1 Å². The molecule has 0 atom stereocenters. The molecule has 1 aliphatic rings. The van der Waals surface area contributed by atoms with Crippen LogP contribution in [0.4, 0.5) is 0 Å². The summed E-state index contributed by atoms with van der Waals surface area (Å²) in [7, 11) is -1.50. The molecule has 36 heavy (non-hydrogen) atoms. The van der Waals surface area contributed by atoms with Gasteiger partial charge < -0.3 is 13.7 Å². The molecule has 4 aromatic rings. The topological polar surface area (TPSA) is 90.2 Å². The lowest BCUT2D eigenvalue weighted by atomic mass is 10.0. The van der Waals surface area contributed by atoms with Crippen LogP contribution < -0.4 is 4.18 Å². The fraction of sp³-hybridized carbons (Fsp3) is 0.346. The number of aromatic nitrogens is 4. The predicted molar refractivity (Wildman–Crippen MR) is 143 cm³/mol. The Bertz CT molecular complexity index is 1480. The van der Waals surface area contributed by atoms with Crippen molar-refractivity contribution in [2.75, 3.05) is 31.6 Å². The molecule has 0 saturated heterocycles. The molecule has 3 heterocycles. The normalized spacial score (nSPS) is 14.5. The Morgan fingerprint density at radius 2 is 1.83 bits per heavy atom. The Balaban J connectivity index is 1.15. The predicted octanol–water partition coefficient (Wildman–Crippen LogP) is 3.95. The molecule has 0 radical (unpaired) electrons. The van der Waals surface area contributed by atoms with Crippen molar-refractivity contribution in [3.05, 3.63) is 65.9 Å². The largest absolute Gasteiger partial charge is 0.383 e. The van der Waals surface area contributed by atoms with Gasteiger partial charge in [0.05, 0.1) is 11.8 Å². The standard InChI is InChI=1S/C26H29N5O3S2/c1-30-25(23-10-13-27-24-7-4-3-6-22(23)24)28-29-26(30)35-17-5-14-31-15-11-19-8-9-21(34-36(2,32)33)18-20(19)12-16-31/h3-4,6-10,13,18H,5,11-12,14-17H2,1-2H3. The molecule has 0 aliphatic carbocycles. The van der Waals surface area contributed by atoms with Crippen molar-refractivity contribution in [1.82, 2.24) is 24.6 Å². The van der Waals surface area contributed by atoms with Gasteiger partial charge in [-0.15, -0.1) is 10.2 Å². The van der Waals surface area contributed by atoms with Crippen LogP contribution in [0, 0.1) is 0 Å². The van der Waals surface area contributed by atoms with E-state index in [1.165, 1.54) is 11.1 Å². The lowest BCUT2D eigenvalue weighted by molar-refractivity contribution is 0.289. The molecule has 1 aliphatic heterocycles. The van der Waals surface area contributed by atoms with Crippen LogP contribution in [0.5, 0.6) is 5.75 Å². The Labute approximate surface area is 215 Å². The average Bonchev–Trinajstić information content (AvgIpc) is 3.09. The first-order valence-electron chi connectivity index (χ1n) is 12.0. The molecular formula is C26H29N5O3S2. The number of para-hydroxylation sites is 1. The van der Waals surface area contributed by atoms with Crippen LogP contribution in [-0.4, -0.2) is 64.7 Å². The lowest BCUT2D eigenvalue weighted by Crippen LogP contribution is -2.27. The van der Waals surface area contributed by atoms with E-state index in [0.29, 0.717) is 5.75 Å². The molecule has 188 valence electrons. The first kappa shape index (κ1) is 24.7. The molecule has 10 heteroatoms. The molecule has 2 aromatic carbocycles. The van der Waals surface area contributed by atoms with Gasteiger partial charge in [-0.1, -0.05) is 36.0 Å². The summed E-state index contributed by atoms with van der Waals surface area (Å²) >= 11 is 1.73. The second kappa shape index (κ2) is 10.6. The minimum absolute atomic E-state index is 0.393. The third-order valence-electron chi connectivity index (χ3n) is 6.39. The molecule has 0 saturated carbocycles. The molecular weight excluding hydrogens is 494 g/mol. The second-order valence-corrected chi connectivity index (χ2v) is 11.6. The summed E-state index contributed by atoms with van der Waals surface area (Å²) in [4.78, 5) is 6.92. The van der Waals surface area contributed by atoms with Crippen LogP contribution in [0.1, 0.15) is 17.5 Å². The van der Waals surface area contributed by atoms with Gasteiger partial charge in [-0.05, 0) is 61.2 Å². The maximum absolute atomic E-state index is 11.4. The van der Waals surface area contributed by atoms with Crippen molar-refractivity contribution in [3.8, 4) is 17.1 Å². The Hall–Kier alpha value is -2.95. The highest BCUT2D eigenvalue weighted by atomic mass is 32.2. The van der Waals surface area contributed by atoms with E-state index in [-0.39, 0.29) is 0 Å². The number of rotatable bonds is 8. The van der Waals surface area contributed by atoms with Gasteiger partial charge in [-0.3, -0.25) is 4.98 Å². The number of fused-ring (bicyclic) bond motifs is 2. The van der Waals surface area contributed by atoms with Gasteiger partial charge >= 0.3 is 10.1 Å². The quantitative estimate of drug-likeness (QED) is 0.195. The third-order valence-corrected chi connectivity index (χ3v) is 8.00. The van der Waals surface area contributed by atoms with Gasteiger partial charge in [-0.25, -0.2) is 0 Å². The van der Waals surface area contributed by atoms with E-state index >= 15 is 0 Å². The van der Waals surface area contributed by atoms with E-state index in [1.54, 1.807) is 17.8 Å². The number of pyridine rings is 1. The van der Waals surface area contributed by atoms with Gasteiger partial charge in [0, 0.05) is 43.0 Å². The van der Waals surface area contributed by atoms with Gasteiger partial charge in [0.25, 0.3) is 0 Å². The Morgan fingerprint density at radius 1 is 1.03 bits per heavy atom.